The Morgan fingerprint density at radius 1 is 1.29 bits per heavy atom. The van der Waals surface area contributed by atoms with Gasteiger partial charge in [-0.1, -0.05) is 30.3 Å². The lowest BCUT2D eigenvalue weighted by molar-refractivity contribution is -0.123. The van der Waals surface area contributed by atoms with Crippen LogP contribution >= 0.6 is 0 Å². The van der Waals surface area contributed by atoms with Gasteiger partial charge in [-0.3, -0.25) is 4.79 Å². The average Bonchev–Trinajstić information content (AvgIpc) is 2.19. The second-order valence-corrected chi connectivity index (χ2v) is 3.85. The predicted molar refractivity (Wildman–Crippen MR) is 55.9 cm³/mol. The fourth-order valence-electron chi connectivity index (χ4n) is 1.93. The minimum atomic E-state index is 0.206. The first-order chi connectivity index (χ1) is 6.84. The Bertz CT molecular complexity index is 307. The summed E-state index contributed by atoms with van der Waals surface area (Å²) in [4.78, 5) is 11.2. The number of amides is 1. The number of rotatable bonds is 2. The molecule has 2 nitrogen and oxygen atoms in total. The molecule has 1 heterocycles. The summed E-state index contributed by atoms with van der Waals surface area (Å²) in [6.45, 7) is 0. The van der Waals surface area contributed by atoms with Crippen LogP contribution in [0.1, 0.15) is 24.8 Å². The van der Waals surface area contributed by atoms with Gasteiger partial charge in [-0.25, -0.2) is 0 Å². The Morgan fingerprint density at radius 2 is 2.07 bits per heavy atom. The van der Waals surface area contributed by atoms with Crippen LogP contribution in [0.5, 0.6) is 0 Å². The third-order valence-electron chi connectivity index (χ3n) is 2.65. The van der Waals surface area contributed by atoms with Crippen molar-refractivity contribution in [1.82, 2.24) is 5.32 Å². The van der Waals surface area contributed by atoms with Crippen molar-refractivity contribution in [2.24, 2.45) is 0 Å². The van der Waals surface area contributed by atoms with E-state index in [1.54, 1.807) is 0 Å². The molecule has 2 rings (SSSR count). The van der Waals surface area contributed by atoms with Crippen molar-refractivity contribution in [1.29, 1.82) is 0 Å². The molecule has 1 atom stereocenters. The zero-order valence-electron chi connectivity index (χ0n) is 8.20. The van der Waals surface area contributed by atoms with E-state index in [0.717, 1.165) is 19.3 Å². The number of piperidine rings is 1. The van der Waals surface area contributed by atoms with Crippen molar-refractivity contribution in [2.75, 3.05) is 0 Å². The molecule has 14 heavy (non-hydrogen) atoms. The Balaban J connectivity index is 1.94. The molecule has 1 amide bonds. The molecule has 0 unspecified atom stereocenters. The molecule has 0 aliphatic carbocycles. The second kappa shape index (κ2) is 4.27. The number of benzene rings is 1. The van der Waals surface area contributed by atoms with Crippen molar-refractivity contribution in [3.05, 3.63) is 35.9 Å². The van der Waals surface area contributed by atoms with E-state index in [1.165, 1.54) is 5.56 Å². The smallest absolute Gasteiger partial charge is 0.220 e. The van der Waals surface area contributed by atoms with Crippen LogP contribution in [-0.2, 0) is 11.2 Å². The summed E-state index contributed by atoms with van der Waals surface area (Å²) in [6, 6.07) is 10.7. The summed E-state index contributed by atoms with van der Waals surface area (Å²) in [5, 5.41) is 3.03. The topological polar surface area (TPSA) is 29.1 Å². The van der Waals surface area contributed by atoms with Gasteiger partial charge in [-0.15, -0.1) is 0 Å². The van der Waals surface area contributed by atoms with Gasteiger partial charge >= 0.3 is 0 Å². The molecule has 1 aromatic rings. The van der Waals surface area contributed by atoms with Crippen LogP contribution in [0.2, 0.25) is 0 Å². The molecule has 0 radical (unpaired) electrons. The van der Waals surface area contributed by atoms with Gasteiger partial charge in [-0.2, -0.15) is 0 Å². The van der Waals surface area contributed by atoms with Crippen LogP contribution in [0.4, 0.5) is 0 Å². The largest absolute Gasteiger partial charge is 0.353 e. The first-order valence-electron chi connectivity index (χ1n) is 5.18. The summed E-state index contributed by atoms with van der Waals surface area (Å²) >= 11 is 0. The van der Waals surface area contributed by atoms with Crippen LogP contribution < -0.4 is 5.32 Å². The summed E-state index contributed by atoms with van der Waals surface area (Å²) in [5.41, 5.74) is 1.31. The van der Waals surface area contributed by atoms with Gasteiger partial charge in [0.2, 0.25) is 5.91 Å². The van der Waals surface area contributed by atoms with Gasteiger partial charge < -0.3 is 5.32 Å². The minimum absolute atomic E-state index is 0.206. The maximum Gasteiger partial charge on any atom is 0.220 e. The van der Waals surface area contributed by atoms with Gasteiger partial charge in [0.15, 0.2) is 0 Å². The highest BCUT2D eigenvalue weighted by Crippen LogP contribution is 2.12. The van der Waals surface area contributed by atoms with Crippen LogP contribution in [0.25, 0.3) is 0 Å². The number of carbonyl (C=O) groups excluding carboxylic acids is 1. The van der Waals surface area contributed by atoms with Crippen molar-refractivity contribution < 1.29 is 4.79 Å². The minimum Gasteiger partial charge on any atom is -0.353 e. The lowest BCUT2D eigenvalue weighted by atomic mass is 9.97. The van der Waals surface area contributed by atoms with Gasteiger partial charge in [-0.05, 0) is 24.8 Å². The maximum absolute atomic E-state index is 11.2. The number of nitrogens with one attached hydrogen (secondary N) is 1. The molecule has 0 aromatic heterocycles. The molecule has 1 fully saturated rings. The van der Waals surface area contributed by atoms with E-state index in [2.05, 4.69) is 17.4 Å². The molecule has 0 saturated carbocycles. The summed E-state index contributed by atoms with van der Waals surface area (Å²) in [6.07, 6.45) is 3.81. The third-order valence-corrected chi connectivity index (χ3v) is 2.65. The van der Waals surface area contributed by atoms with E-state index in [0.29, 0.717) is 12.5 Å². The lowest BCUT2D eigenvalue weighted by Gasteiger charge is -2.23. The first kappa shape index (κ1) is 9.25. The van der Waals surface area contributed by atoms with Gasteiger partial charge in [0.25, 0.3) is 0 Å². The molecule has 2 heteroatoms. The van der Waals surface area contributed by atoms with E-state index in [1.807, 2.05) is 18.2 Å². The average molecular weight is 189 g/mol. The van der Waals surface area contributed by atoms with Crippen LogP contribution in [0.3, 0.4) is 0 Å². The van der Waals surface area contributed by atoms with Gasteiger partial charge in [0, 0.05) is 12.5 Å². The van der Waals surface area contributed by atoms with Crippen LogP contribution in [0.15, 0.2) is 30.3 Å². The Hall–Kier alpha value is -1.31. The highest BCUT2D eigenvalue weighted by molar-refractivity contribution is 5.76. The maximum atomic E-state index is 11.2. The number of hydrogen-bond acceptors (Lipinski definition) is 1. The normalized spacial score (nSPS) is 21.7. The number of carbonyl (C=O) groups is 1. The fraction of sp³-hybridized carbons (Fsp3) is 0.417. The Morgan fingerprint density at radius 3 is 2.79 bits per heavy atom. The van der Waals surface area contributed by atoms with Crippen molar-refractivity contribution >= 4 is 5.91 Å². The molecule has 1 aliphatic rings. The van der Waals surface area contributed by atoms with Crippen LogP contribution in [0, 0.1) is 0 Å². The molecule has 1 N–H and O–H groups in total. The monoisotopic (exact) mass is 189 g/mol. The summed E-state index contributed by atoms with van der Waals surface area (Å²) < 4.78 is 0. The SMILES string of the molecule is O=C1CCC[C@@H](Cc2ccccc2)N1. The van der Waals surface area contributed by atoms with E-state index in [4.69, 9.17) is 0 Å². The molecule has 0 bridgehead atoms. The lowest BCUT2D eigenvalue weighted by Crippen LogP contribution is -2.39. The molecule has 1 saturated heterocycles. The van der Waals surface area contributed by atoms with Gasteiger partial charge in [0.1, 0.15) is 0 Å². The molecular formula is C12H15NO. The van der Waals surface area contributed by atoms with E-state index >= 15 is 0 Å². The fourth-order valence-corrected chi connectivity index (χ4v) is 1.93. The standard InChI is InChI=1S/C12H15NO/c14-12-8-4-7-11(13-12)9-10-5-2-1-3-6-10/h1-3,5-6,11H,4,7-9H2,(H,13,14)/t11-/m0/s1. The third kappa shape index (κ3) is 2.34. The molecule has 74 valence electrons. The predicted octanol–water partition coefficient (Wildman–Crippen LogP) is 1.90. The molecule has 1 aromatic carbocycles. The van der Waals surface area contributed by atoms with Gasteiger partial charge in [0.05, 0.1) is 0 Å². The molecular weight excluding hydrogens is 174 g/mol. The number of hydrogen-bond donors (Lipinski definition) is 1. The highest BCUT2D eigenvalue weighted by Gasteiger charge is 2.17. The molecule has 1 aliphatic heterocycles. The zero-order chi connectivity index (χ0) is 9.80. The molecule has 0 spiro atoms. The Labute approximate surface area is 84.3 Å². The zero-order valence-corrected chi connectivity index (χ0v) is 8.20. The van der Waals surface area contributed by atoms with Crippen molar-refractivity contribution in [3.8, 4) is 0 Å². The first-order valence-corrected chi connectivity index (χ1v) is 5.18. The van der Waals surface area contributed by atoms with Crippen molar-refractivity contribution in [2.45, 2.75) is 31.7 Å². The highest BCUT2D eigenvalue weighted by atomic mass is 16.1. The van der Waals surface area contributed by atoms with E-state index in [9.17, 15) is 4.79 Å². The summed E-state index contributed by atoms with van der Waals surface area (Å²) in [5.74, 6) is 0.206. The van der Waals surface area contributed by atoms with Crippen LogP contribution in [-0.4, -0.2) is 11.9 Å². The summed E-state index contributed by atoms with van der Waals surface area (Å²) in [7, 11) is 0. The van der Waals surface area contributed by atoms with Crippen molar-refractivity contribution in [3.63, 3.8) is 0 Å². The second-order valence-electron chi connectivity index (χ2n) is 3.85. The quantitative estimate of drug-likeness (QED) is 0.756. The van der Waals surface area contributed by atoms with E-state index < -0.39 is 0 Å². The Kier molecular flexibility index (Phi) is 2.82. The van der Waals surface area contributed by atoms with E-state index in [-0.39, 0.29) is 5.91 Å².